The Hall–Kier alpha value is -1.93. The molecular weight excluding hydrogens is 1490 g/mol. The Balaban J connectivity index is 0.000000249. The number of sulfone groups is 2. The van der Waals surface area contributed by atoms with Crippen molar-refractivity contribution < 1.29 is 82.5 Å². The van der Waals surface area contributed by atoms with Gasteiger partial charge in [-0.25, -0.2) is 16.8 Å². The predicted molar refractivity (Wildman–Crippen MR) is 399 cm³/mol. The summed E-state index contributed by atoms with van der Waals surface area (Å²) < 4.78 is 107. The zero-order chi connectivity index (χ0) is 72.0. The van der Waals surface area contributed by atoms with Crippen molar-refractivity contribution >= 4 is 19.7 Å². The van der Waals surface area contributed by atoms with E-state index in [0.29, 0.717) is 64.3 Å². The van der Waals surface area contributed by atoms with Crippen LogP contribution < -0.4 is 0 Å². The zero-order valence-corrected chi connectivity index (χ0v) is 69.6. The Kier molecular flexibility index (Phi) is 33.1. The summed E-state index contributed by atoms with van der Waals surface area (Å²) in [4.78, 5) is 0.766. The second kappa shape index (κ2) is 38.9. The minimum atomic E-state index is -3.47. The van der Waals surface area contributed by atoms with Crippen molar-refractivity contribution in [2.45, 2.75) is 340 Å². The van der Waals surface area contributed by atoms with Gasteiger partial charge in [-0.2, -0.15) is 12.8 Å². The summed E-state index contributed by atoms with van der Waals surface area (Å²) in [6.07, 6.45) is 23.3. The molecule has 0 radical (unpaired) electrons. The van der Waals surface area contributed by atoms with Crippen LogP contribution in [0.4, 0.5) is 0 Å². The van der Waals surface area contributed by atoms with Gasteiger partial charge in [0.1, 0.15) is 0 Å². The van der Waals surface area contributed by atoms with Crippen molar-refractivity contribution in [1.29, 1.82) is 0 Å². The number of ether oxygens (including phenoxy) is 7. The third-order valence-electron chi connectivity index (χ3n) is 24.3. The van der Waals surface area contributed by atoms with Crippen LogP contribution in [0, 0.1) is 96.7 Å². The molecule has 7 saturated heterocycles. The van der Waals surface area contributed by atoms with Gasteiger partial charge in [-0.3, -0.25) is 0 Å². The fraction of sp³-hybridized carbons (Fsp3) is 0.750. The average Bonchev–Trinajstić information content (AvgIpc) is 1.68. The molecular formula is C84H135O11S2U-. The van der Waals surface area contributed by atoms with Crippen molar-refractivity contribution in [2.75, 3.05) is 11.5 Å². The first-order chi connectivity index (χ1) is 46.3. The number of rotatable bonds is 32. The number of allylic oxidation sites excluding steroid dienone is 3. The average molecular weight is 1630 g/mol. The van der Waals surface area contributed by atoms with Crippen LogP contribution in [0.5, 0.6) is 0 Å². The van der Waals surface area contributed by atoms with E-state index in [1.165, 1.54) is 16.7 Å². The zero-order valence-electron chi connectivity index (χ0n) is 64.8. The van der Waals surface area contributed by atoms with Gasteiger partial charge in [0.05, 0.1) is 106 Å². The van der Waals surface area contributed by atoms with Gasteiger partial charge in [0, 0.05) is 57.2 Å². The Morgan fingerprint density at radius 1 is 0.571 bits per heavy atom. The molecule has 11 nitrogen and oxygen atoms in total. The van der Waals surface area contributed by atoms with E-state index >= 15 is 0 Å². The maximum Gasteiger partial charge on any atom is 0.178 e. The van der Waals surface area contributed by atoms with E-state index in [1.807, 2.05) is 12.1 Å². The van der Waals surface area contributed by atoms with Crippen molar-refractivity contribution in [3.05, 3.63) is 116 Å². The first-order valence-electron chi connectivity index (χ1n) is 39.0. The van der Waals surface area contributed by atoms with Crippen molar-refractivity contribution in [3.63, 3.8) is 0 Å². The third kappa shape index (κ3) is 23.0. The van der Waals surface area contributed by atoms with Gasteiger partial charge in [-0.05, 0) is 195 Å². The molecule has 0 amide bonds. The molecule has 0 aromatic heterocycles. The Labute approximate surface area is 623 Å². The standard InChI is InChI=1S/C34H54O5S.C34H53O4S.C16H28O2.U/c1-8-23(3)19-32-27(7)30(22-40(35,36)29-13-11-10-12-14-29)31(38-32)17-15-24(4)25(5)20-28-16-18-33-34(9-2,39-28)21-26(6)37-33;1-9-23(2)19-33-29(8)31(22-39(35,36)30-16-11-10-12-17-30)34(38-33)21-25(4)28(7)24(3)15-13-14-18-32-26(5)20-27(6)37-32;1-6-16-10-13(5)17-15(16)8-7-14(18-16)9-12(4)11(2)3;/h10-14,23,25-28,30-33H,4,8-9,15-22H2,1-3,5-7H3;10-13,16-17,23-25,27,29,31-34H,5,7,9,14-15,18-22H2,1-4,6,8H3;12-15H,2,6-10H2,1,3-5H3;/q;-1;;/t23?,25-,26+,27-,28?,30-,31+,32-,33+,34+;23?,24-,25-,27+,29-,31-,32?,33-,34+;12-,13+,14?,15+,16+;/m111./s1/i15T;;;/t15?,23?,25-,26+,27-,28?,30-,31+,32-,33+,34+;;;. The van der Waals surface area contributed by atoms with Crippen LogP contribution in [-0.4, -0.2) is 113 Å². The van der Waals surface area contributed by atoms with Gasteiger partial charge in [0.25, 0.3) is 0 Å². The maximum atomic E-state index is 13.4. The van der Waals surface area contributed by atoms with E-state index in [9.17, 15) is 16.8 Å². The molecule has 25 atom stereocenters. The molecule has 9 rings (SSSR count). The Bertz CT molecular complexity index is 3060. The molecule has 0 aliphatic carbocycles. The van der Waals surface area contributed by atoms with Gasteiger partial charge in [-0.15, -0.1) is 0 Å². The van der Waals surface area contributed by atoms with Gasteiger partial charge < -0.3 is 39.6 Å². The molecule has 0 saturated carbocycles. The molecule has 0 bridgehead atoms. The predicted octanol–water partition coefficient (Wildman–Crippen LogP) is 20.1. The van der Waals surface area contributed by atoms with E-state index in [4.69, 9.17) is 34.5 Å². The summed E-state index contributed by atoms with van der Waals surface area (Å²) in [5.41, 5.74) is 4.43. The molecule has 0 N–H and O–H groups in total. The van der Waals surface area contributed by atoms with Crippen LogP contribution in [0.3, 0.4) is 0 Å². The molecule has 2 aromatic carbocycles. The fourth-order valence-electron chi connectivity index (χ4n) is 17.1. The molecule has 554 valence electrons. The van der Waals surface area contributed by atoms with Crippen LogP contribution in [0.1, 0.15) is 247 Å². The molecule has 6 unspecified atom stereocenters. The van der Waals surface area contributed by atoms with E-state index in [-0.39, 0.29) is 138 Å². The summed E-state index contributed by atoms with van der Waals surface area (Å²) in [6, 6.07) is 17.6. The summed E-state index contributed by atoms with van der Waals surface area (Å²) in [5, 5.41) is 0. The summed E-state index contributed by atoms with van der Waals surface area (Å²) in [5.74, 6) is 2.68. The first kappa shape index (κ1) is 83.3. The second-order valence-corrected chi connectivity index (χ2v) is 36.1. The normalized spacial score (nSPS) is 34.6. The van der Waals surface area contributed by atoms with Crippen molar-refractivity contribution in [3.8, 4) is 0 Å². The smallest absolute Gasteiger partial charge is 0.178 e. The summed E-state index contributed by atoms with van der Waals surface area (Å²) in [7, 11) is -6.86. The van der Waals surface area contributed by atoms with Crippen molar-refractivity contribution in [2.24, 2.45) is 59.2 Å². The largest absolute Gasteiger partial charge is 0.374 e. The molecule has 14 heteroatoms. The number of benzene rings is 2. The summed E-state index contributed by atoms with van der Waals surface area (Å²) >= 11 is 0. The second-order valence-electron chi connectivity index (χ2n) is 32.1. The van der Waals surface area contributed by atoms with Gasteiger partial charge in [0.2, 0.25) is 0 Å². The monoisotopic (exact) mass is 1620 g/mol. The van der Waals surface area contributed by atoms with Crippen molar-refractivity contribution in [1.82, 2.24) is 0 Å². The van der Waals surface area contributed by atoms with E-state index in [1.54, 1.807) is 48.5 Å². The van der Waals surface area contributed by atoms with Crippen LogP contribution in [0.2, 0.25) is 0 Å². The van der Waals surface area contributed by atoms with Crippen LogP contribution in [-0.2, 0) is 52.8 Å². The van der Waals surface area contributed by atoms with Gasteiger partial charge >= 0.3 is 0 Å². The SMILES string of the molecule is C=C(C)[C@H](C)CC1CC[C@@H]2O[C@@H](C)C[C@]2(CC)O1.C=C1C[C@H](C)OC1CC[CH-]C[C@@H](C)C(=C)[C@H](C)C[C@@H]1O[C@H](CC(C)CC)[C@H](C)[C@H]1CS(=O)(=O)c1ccccc1.[3H]C(C[C@@H]1O[C@H](CC(C)CC)[C@H](C)[C@H]1CS(=O)(=O)c1ccccc1)C(=C)[C@H](C)CC1CC[C@@H]2O[C@@H](C)C[C@]2(CC)O1.[U]. The van der Waals surface area contributed by atoms with Crippen LogP contribution in [0.15, 0.2) is 119 Å². The number of hydrogen-bond donors (Lipinski definition) is 0. The topological polar surface area (TPSA) is 133 Å². The van der Waals surface area contributed by atoms with Crippen LogP contribution in [0.25, 0.3) is 0 Å². The molecule has 98 heavy (non-hydrogen) atoms. The van der Waals surface area contributed by atoms with E-state index in [0.717, 1.165) is 128 Å². The van der Waals surface area contributed by atoms with E-state index < -0.39 is 26.1 Å². The Morgan fingerprint density at radius 3 is 1.47 bits per heavy atom. The number of hydrogen-bond acceptors (Lipinski definition) is 11. The molecule has 7 aliphatic rings. The molecule has 7 aliphatic heterocycles. The molecule has 7 fully saturated rings. The van der Waals surface area contributed by atoms with Crippen LogP contribution >= 0.6 is 0 Å². The number of unbranched alkanes of at least 4 members (excludes halogenated alkanes) is 1. The fourth-order valence-corrected chi connectivity index (χ4v) is 20.6. The van der Waals surface area contributed by atoms with Gasteiger partial charge in [0.15, 0.2) is 19.7 Å². The first-order valence-corrected chi connectivity index (χ1v) is 41.7. The minimum Gasteiger partial charge on any atom is -0.374 e. The third-order valence-corrected chi connectivity index (χ3v) is 28.0. The quantitative estimate of drug-likeness (QED) is 0.0394. The molecule has 2 aromatic rings. The number of fused-ring (bicyclic) bond motifs is 2. The molecule has 0 spiro atoms. The van der Waals surface area contributed by atoms with Gasteiger partial charge in [-0.1, -0.05) is 181 Å². The Morgan fingerprint density at radius 2 is 1.03 bits per heavy atom. The van der Waals surface area contributed by atoms with E-state index in [2.05, 4.69) is 144 Å². The maximum absolute atomic E-state index is 13.4. The molecule has 7 heterocycles. The summed E-state index contributed by atoms with van der Waals surface area (Å²) in [6.45, 7) is 52.2. The minimum absolute atomic E-state index is 0.